The fourth-order valence-corrected chi connectivity index (χ4v) is 4.16. The Hall–Kier alpha value is -2.86. The number of methoxy groups -OCH3 is 2. The molecule has 2 aromatic carbocycles. The van der Waals surface area contributed by atoms with Crippen LogP contribution in [0.5, 0.6) is 11.5 Å². The Morgan fingerprint density at radius 3 is 2.57 bits per heavy atom. The van der Waals surface area contributed by atoms with Gasteiger partial charge in [0.05, 0.1) is 25.8 Å². The fourth-order valence-electron chi connectivity index (χ4n) is 3.34. The lowest BCUT2D eigenvalue weighted by molar-refractivity contribution is 0.0927. The minimum Gasteiger partial charge on any atom is -0.493 e. The van der Waals surface area contributed by atoms with Crippen molar-refractivity contribution in [2.24, 2.45) is 5.92 Å². The highest BCUT2D eigenvalue weighted by Crippen LogP contribution is 2.41. The first kappa shape index (κ1) is 18.5. The average Bonchev–Trinajstić information content (AvgIpc) is 3.46. The van der Waals surface area contributed by atoms with Crippen LogP contribution in [0.25, 0.3) is 10.6 Å². The maximum absolute atomic E-state index is 12.9. The zero-order chi connectivity index (χ0) is 19.5. The van der Waals surface area contributed by atoms with Gasteiger partial charge in [-0.15, -0.1) is 11.3 Å². The van der Waals surface area contributed by atoms with Gasteiger partial charge in [-0.25, -0.2) is 4.98 Å². The second-order valence-electron chi connectivity index (χ2n) is 6.78. The molecule has 3 aromatic rings. The molecule has 1 aromatic heterocycles. The fraction of sp³-hybridized carbons (Fsp3) is 0.273. The highest BCUT2D eigenvalue weighted by Gasteiger charge is 2.33. The second kappa shape index (κ2) is 8.02. The maximum atomic E-state index is 12.9. The molecular formula is C22H22N2O3S. The van der Waals surface area contributed by atoms with E-state index in [9.17, 15) is 4.79 Å². The van der Waals surface area contributed by atoms with Crippen molar-refractivity contribution in [3.63, 3.8) is 0 Å². The van der Waals surface area contributed by atoms with Gasteiger partial charge in [0.15, 0.2) is 11.5 Å². The highest BCUT2D eigenvalue weighted by atomic mass is 32.1. The maximum Gasteiger partial charge on any atom is 0.271 e. The van der Waals surface area contributed by atoms with Gasteiger partial charge in [-0.1, -0.05) is 36.4 Å². The summed E-state index contributed by atoms with van der Waals surface area (Å²) in [5.74, 6) is 1.61. The van der Waals surface area contributed by atoms with Gasteiger partial charge in [-0.05, 0) is 36.5 Å². The molecule has 1 fully saturated rings. The van der Waals surface area contributed by atoms with Crippen LogP contribution < -0.4 is 14.8 Å². The van der Waals surface area contributed by atoms with E-state index in [0.29, 0.717) is 23.1 Å². The van der Waals surface area contributed by atoms with Crippen molar-refractivity contribution in [3.8, 4) is 22.1 Å². The summed E-state index contributed by atoms with van der Waals surface area (Å²) in [4.78, 5) is 17.4. The summed E-state index contributed by atoms with van der Waals surface area (Å²) in [7, 11) is 3.20. The largest absolute Gasteiger partial charge is 0.493 e. The van der Waals surface area contributed by atoms with Gasteiger partial charge in [0.2, 0.25) is 0 Å². The van der Waals surface area contributed by atoms with Crippen molar-refractivity contribution >= 4 is 17.2 Å². The molecule has 0 saturated heterocycles. The molecule has 1 aliphatic carbocycles. The third-order valence-electron chi connectivity index (χ3n) is 4.91. The first-order valence-electron chi connectivity index (χ1n) is 9.24. The summed E-state index contributed by atoms with van der Waals surface area (Å²) in [6, 6.07) is 15.8. The van der Waals surface area contributed by atoms with Gasteiger partial charge in [0, 0.05) is 5.38 Å². The van der Waals surface area contributed by atoms with Gasteiger partial charge in [0.25, 0.3) is 5.91 Å². The topological polar surface area (TPSA) is 60.5 Å². The van der Waals surface area contributed by atoms with E-state index in [-0.39, 0.29) is 11.9 Å². The minimum atomic E-state index is -0.148. The van der Waals surface area contributed by atoms with Crippen molar-refractivity contribution in [2.45, 2.75) is 18.9 Å². The van der Waals surface area contributed by atoms with Crippen LogP contribution in [-0.4, -0.2) is 25.1 Å². The van der Waals surface area contributed by atoms with E-state index in [4.69, 9.17) is 9.47 Å². The first-order chi connectivity index (χ1) is 13.7. The van der Waals surface area contributed by atoms with Crippen molar-refractivity contribution < 1.29 is 14.3 Å². The molecule has 1 heterocycles. The molecule has 1 atom stereocenters. The van der Waals surface area contributed by atoms with Gasteiger partial charge >= 0.3 is 0 Å². The van der Waals surface area contributed by atoms with Gasteiger partial charge < -0.3 is 14.8 Å². The molecule has 1 N–H and O–H groups in total. The number of nitrogens with zero attached hydrogens (tertiary/aromatic N) is 1. The van der Waals surface area contributed by atoms with E-state index in [2.05, 4.69) is 22.4 Å². The van der Waals surface area contributed by atoms with Crippen molar-refractivity contribution in [1.29, 1.82) is 0 Å². The Morgan fingerprint density at radius 2 is 1.89 bits per heavy atom. The summed E-state index contributed by atoms with van der Waals surface area (Å²) in [6.07, 6.45) is 2.28. The summed E-state index contributed by atoms with van der Waals surface area (Å²) >= 11 is 1.42. The number of hydrogen-bond donors (Lipinski definition) is 1. The van der Waals surface area contributed by atoms with Crippen molar-refractivity contribution in [1.82, 2.24) is 10.3 Å². The molecule has 1 amide bonds. The number of carbonyl (C=O) groups excluding carboxylic acids is 1. The molecule has 0 spiro atoms. The zero-order valence-electron chi connectivity index (χ0n) is 15.8. The molecule has 0 bridgehead atoms. The Bertz CT molecular complexity index is 967. The standard InChI is InChI=1S/C22H22N2O3S/c1-26-18-10-6-9-16(20(18)27-2)22-23-17(13-28-22)21(25)24-19(15-11-12-15)14-7-4-3-5-8-14/h3-10,13,15,19H,11-12H2,1-2H3,(H,24,25). The van der Waals surface area contributed by atoms with Crippen LogP contribution in [0.4, 0.5) is 0 Å². The zero-order valence-corrected chi connectivity index (χ0v) is 16.7. The van der Waals surface area contributed by atoms with E-state index < -0.39 is 0 Å². The number of amides is 1. The highest BCUT2D eigenvalue weighted by molar-refractivity contribution is 7.13. The van der Waals surface area contributed by atoms with Gasteiger partial charge in [-0.3, -0.25) is 4.79 Å². The number of para-hydroxylation sites is 1. The van der Waals surface area contributed by atoms with Crippen LogP contribution in [-0.2, 0) is 0 Å². The Kier molecular flexibility index (Phi) is 5.30. The van der Waals surface area contributed by atoms with E-state index in [1.165, 1.54) is 11.3 Å². The van der Waals surface area contributed by atoms with Crippen LogP contribution in [0.1, 0.15) is 34.9 Å². The van der Waals surface area contributed by atoms with Crippen molar-refractivity contribution in [2.75, 3.05) is 14.2 Å². The van der Waals surface area contributed by atoms with Crippen LogP contribution in [0.3, 0.4) is 0 Å². The predicted octanol–water partition coefficient (Wildman–Crippen LogP) is 4.71. The smallest absolute Gasteiger partial charge is 0.271 e. The number of benzene rings is 2. The normalized spacial score (nSPS) is 14.4. The number of thiazole rings is 1. The molecule has 1 saturated carbocycles. The minimum absolute atomic E-state index is 0.0326. The molecule has 144 valence electrons. The molecule has 0 radical (unpaired) electrons. The van der Waals surface area contributed by atoms with Crippen LogP contribution in [0.15, 0.2) is 53.9 Å². The van der Waals surface area contributed by atoms with E-state index in [0.717, 1.165) is 29.0 Å². The molecule has 6 heteroatoms. The SMILES string of the molecule is COc1cccc(-c2nc(C(=O)NC(c3ccccc3)C3CC3)cs2)c1OC. The molecule has 5 nitrogen and oxygen atoms in total. The molecule has 0 aliphatic heterocycles. The van der Waals surface area contributed by atoms with Crippen LogP contribution in [0.2, 0.25) is 0 Å². The number of carbonyl (C=O) groups is 1. The summed E-state index contributed by atoms with van der Waals surface area (Å²) in [6.45, 7) is 0. The lowest BCUT2D eigenvalue weighted by atomic mass is 10.0. The lowest BCUT2D eigenvalue weighted by Crippen LogP contribution is -2.30. The molecule has 1 unspecified atom stereocenters. The Morgan fingerprint density at radius 1 is 1.11 bits per heavy atom. The third kappa shape index (κ3) is 3.73. The first-order valence-corrected chi connectivity index (χ1v) is 10.1. The van der Waals surface area contributed by atoms with E-state index in [1.807, 2.05) is 36.4 Å². The average molecular weight is 394 g/mol. The summed E-state index contributed by atoms with van der Waals surface area (Å²) in [5, 5.41) is 5.69. The number of rotatable bonds is 7. The molecule has 4 rings (SSSR count). The second-order valence-corrected chi connectivity index (χ2v) is 7.64. The monoisotopic (exact) mass is 394 g/mol. The summed E-state index contributed by atoms with van der Waals surface area (Å²) < 4.78 is 10.9. The van der Waals surface area contributed by atoms with Gasteiger partial charge in [-0.2, -0.15) is 0 Å². The number of hydrogen-bond acceptors (Lipinski definition) is 5. The molecule has 1 aliphatic rings. The van der Waals surface area contributed by atoms with Crippen LogP contribution >= 0.6 is 11.3 Å². The third-order valence-corrected chi connectivity index (χ3v) is 5.78. The van der Waals surface area contributed by atoms with E-state index >= 15 is 0 Å². The Balaban J connectivity index is 1.57. The Labute approximate surface area is 168 Å². The number of ether oxygens (including phenoxy) is 2. The quantitative estimate of drug-likeness (QED) is 0.631. The van der Waals surface area contributed by atoms with Crippen molar-refractivity contribution in [3.05, 3.63) is 65.2 Å². The summed E-state index contributed by atoms with van der Waals surface area (Å²) in [5.41, 5.74) is 2.38. The number of aromatic nitrogens is 1. The van der Waals surface area contributed by atoms with Crippen LogP contribution in [0, 0.1) is 5.92 Å². The predicted molar refractivity (Wildman–Crippen MR) is 110 cm³/mol. The lowest BCUT2D eigenvalue weighted by Gasteiger charge is -2.18. The molecule has 28 heavy (non-hydrogen) atoms. The van der Waals surface area contributed by atoms with E-state index in [1.54, 1.807) is 19.6 Å². The van der Waals surface area contributed by atoms with Gasteiger partial charge in [0.1, 0.15) is 10.7 Å². The number of nitrogens with one attached hydrogen (secondary N) is 1. The molecular weight excluding hydrogens is 372 g/mol.